The van der Waals surface area contributed by atoms with E-state index in [4.69, 9.17) is 11.6 Å². The van der Waals surface area contributed by atoms with Crippen LogP contribution in [0.1, 0.15) is 48.9 Å². The average Bonchev–Trinajstić information content (AvgIpc) is 2.76. The van der Waals surface area contributed by atoms with Gasteiger partial charge in [0.25, 0.3) is 5.91 Å². The van der Waals surface area contributed by atoms with Gasteiger partial charge >= 0.3 is 0 Å². The van der Waals surface area contributed by atoms with Gasteiger partial charge in [0.05, 0.1) is 10.6 Å². The average molecular weight is 305 g/mol. The van der Waals surface area contributed by atoms with E-state index in [1.54, 1.807) is 6.20 Å². The highest BCUT2D eigenvalue weighted by molar-refractivity contribution is 6.36. The molecule has 0 radical (unpaired) electrons. The molecule has 1 aromatic heterocycles. The molecule has 1 aliphatic carbocycles. The van der Waals surface area contributed by atoms with E-state index in [0.29, 0.717) is 16.5 Å². The van der Waals surface area contributed by atoms with Crippen molar-refractivity contribution in [1.82, 2.24) is 10.3 Å². The van der Waals surface area contributed by atoms with Crippen LogP contribution in [0.4, 0.5) is 0 Å². The Hall–Kier alpha value is -1.48. The third-order valence-electron chi connectivity index (χ3n) is 4.43. The lowest BCUT2D eigenvalue weighted by atomic mass is 10.0. The highest BCUT2D eigenvalue weighted by atomic mass is 35.5. The third kappa shape index (κ3) is 3.24. The van der Waals surface area contributed by atoms with Crippen LogP contribution >= 0.6 is 11.6 Å². The fourth-order valence-electron chi connectivity index (χ4n) is 3.22. The number of aromatic nitrogens is 1. The van der Waals surface area contributed by atoms with Gasteiger partial charge < -0.3 is 10.3 Å². The van der Waals surface area contributed by atoms with Crippen molar-refractivity contribution in [3.05, 3.63) is 35.0 Å². The first-order valence-corrected chi connectivity index (χ1v) is 8.17. The summed E-state index contributed by atoms with van der Waals surface area (Å²) in [5.74, 6) is 0.593. The molecule has 0 aliphatic heterocycles. The lowest BCUT2D eigenvalue weighted by Gasteiger charge is -2.14. The number of nitrogens with one attached hydrogen (secondary N) is 2. The molecule has 1 aliphatic rings. The second-order valence-corrected chi connectivity index (χ2v) is 6.34. The molecule has 0 bridgehead atoms. The van der Waals surface area contributed by atoms with Gasteiger partial charge in [-0.2, -0.15) is 0 Å². The third-order valence-corrected chi connectivity index (χ3v) is 4.74. The van der Waals surface area contributed by atoms with Crippen molar-refractivity contribution in [2.45, 2.75) is 38.5 Å². The molecule has 1 fully saturated rings. The largest absolute Gasteiger partial charge is 0.360 e. The minimum Gasteiger partial charge on any atom is -0.360 e. The predicted molar refractivity (Wildman–Crippen MR) is 86.8 cm³/mol. The van der Waals surface area contributed by atoms with E-state index < -0.39 is 0 Å². The highest BCUT2D eigenvalue weighted by Gasteiger charge is 2.17. The number of H-pyrrole nitrogens is 1. The van der Waals surface area contributed by atoms with Crippen molar-refractivity contribution in [3.63, 3.8) is 0 Å². The van der Waals surface area contributed by atoms with Gasteiger partial charge in [0.2, 0.25) is 0 Å². The number of fused-ring (bicyclic) bond motifs is 1. The molecular formula is C17H21ClN2O. The molecule has 2 N–H and O–H groups in total. The van der Waals surface area contributed by atoms with E-state index in [1.807, 2.05) is 18.2 Å². The smallest absolute Gasteiger partial charge is 0.253 e. The lowest BCUT2D eigenvalue weighted by molar-refractivity contribution is 0.0947. The molecule has 0 atom stereocenters. The van der Waals surface area contributed by atoms with E-state index in [0.717, 1.165) is 17.4 Å². The number of aromatic amines is 1. The molecule has 0 saturated heterocycles. The van der Waals surface area contributed by atoms with Crippen molar-refractivity contribution in [3.8, 4) is 0 Å². The van der Waals surface area contributed by atoms with Crippen LogP contribution in [0.5, 0.6) is 0 Å². The van der Waals surface area contributed by atoms with E-state index in [9.17, 15) is 4.79 Å². The van der Waals surface area contributed by atoms with Crippen LogP contribution in [-0.4, -0.2) is 17.4 Å². The Morgan fingerprint density at radius 3 is 2.76 bits per heavy atom. The predicted octanol–water partition coefficient (Wildman–Crippen LogP) is 4.52. The number of halogens is 1. The van der Waals surface area contributed by atoms with Gasteiger partial charge in [0, 0.05) is 23.6 Å². The molecular weight excluding hydrogens is 284 g/mol. The maximum atomic E-state index is 12.4. The van der Waals surface area contributed by atoms with Gasteiger partial charge in [-0.25, -0.2) is 0 Å². The van der Waals surface area contributed by atoms with Crippen LogP contribution < -0.4 is 5.32 Å². The quantitative estimate of drug-likeness (QED) is 0.804. The van der Waals surface area contributed by atoms with Gasteiger partial charge in [-0.15, -0.1) is 0 Å². The second kappa shape index (κ2) is 6.52. The molecule has 1 aromatic carbocycles. The fraction of sp³-hybridized carbons (Fsp3) is 0.471. The number of amides is 1. The number of hydrogen-bond donors (Lipinski definition) is 2. The Kier molecular flexibility index (Phi) is 4.49. The van der Waals surface area contributed by atoms with Gasteiger partial charge in [-0.1, -0.05) is 43.4 Å². The molecule has 1 heterocycles. The topological polar surface area (TPSA) is 44.9 Å². The van der Waals surface area contributed by atoms with Gasteiger partial charge in [0.1, 0.15) is 0 Å². The van der Waals surface area contributed by atoms with Gasteiger partial charge in [-0.05, 0) is 30.9 Å². The van der Waals surface area contributed by atoms with Crippen LogP contribution in [0.25, 0.3) is 10.9 Å². The molecule has 4 heteroatoms. The summed E-state index contributed by atoms with van der Waals surface area (Å²) in [6, 6.07) is 5.64. The van der Waals surface area contributed by atoms with Crippen LogP contribution in [0.2, 0.25) is 5.02 Å². The molecule has 3 rings (SSSR count). The number of benzene rings is 1. The summed E-state index contributed by atoms with van der Waals surface area (Å²) in [5, 5.41) is 4.52. The van der Waals surface area contributed by atoms with Crippen molar-refractivity contribution >= 4 is 28.4 Å². The first-order valence-electron chi connectivity index (χ1n) is 7.79. The molecule has 1 saturated carbocycles. The summed E-state index contributed by atoms with van der Waals surface area (Å²) in [7, 11) is 0. The van der Waals surface area contributed by atoms with Gasteiger partial charge in [0.15, 0.2) is 0 Å². The molecule has 112 valence electrons. The fourth-order valence-corrected chi connectivity index (χ4v) is 3.50. The van der Waals surface area contributed by atoms with Crippen molar-refractivity contribution in [2.24, 2.45) is 5.92 Å². The Bertz CT molecular complexity index is 627. The zero-order valence-electron chi connectivity index (χ0n) is 12.1. The summed E-state index contributed by atoms with van der Waals surface area (Å²) in [6.07, 6.45) is 9.47. The molecule has 0 spiro atoms. The minimum absolute atomic E-state index is 0.0291. The molecule has 0 unspecified atom stereocenters. The number of rotatable bonds is 3. The van der Waals surface area contributed by atoms with Crippen LogP contribution in [0.15, 0.2) is 24.4 Å². The van der Waals surface area contributed by atoms with E-state index >= 15 is 0 Å². The summed E-state index contributed by atoms with van der Waals surface area (Å²) in [4.78, 5) is 15.5. The first-order chi connectivity index (χ1) is 10.3. The summed E-state index contributed by atoms with van der Waals surface area (Å²) in [6.45, 7) is 0.774. The van der Waals surface area contributed by atoms with Crippen molar-refractivity contribution in [2.75, 3.05) is 6.54 Å². The molecule has 2 aromatic rings. The normalized spacial score (nSPS) is 16.8. The zero-order chi connectivity index (χ0) is 14.7. The maximum absolute atomic E-state index is 12.4. The maximum Gasteiger partial charge on any atom is 0.253 e. The summed E-state index contributed by atoms with van der Waals surface area (Å²) >= 11 is 6.22. The standard InChI is InChI=1S/C17H21ClN2O/c18-14-8-5-9-15-16(14)13(11-19-15)17(21)20-10-12-6-3-1-2-4-7-12/h5,8-9,11-12,19H,1-4,6-7,10H2,(H,20,21). The van der Waals surface area contributed by atoms with E-state index in [1.165, 1.54) is 38.5 Å². The van der Waals surface area contributed by atoms with Crippen molar-refractivity contribution in [1.29, 1.82) is 0 Å². The number of carbonyl (C=O) groups is 1. The monoisotopic (exact) mass is 304 g/mol. The van der Waals surface area contributed by atoms with Crippen LogP contribution in [0, 0.1) is 5.92 Å². The molecule has 21 heavy (non-hydrogen) atoms. The second-order valence-electron chi connectivity index (χ2n) is 5.93. The Labute approximate surface area is 130 Å². The lowest BCUT2D eigenvalue weighted by Crippen LogP contribution is -2.29. The SMILES string of the molecule is O=C(NCC1CCCCCC1)c1c[nH]c2cccc(Cl)c12. The molecule has 3 nitrogen and oxygen atoms in total. The number of hydrogen-bond acceptors (Lipinski definition) is 1. The van der Waals surface area contributed by atoms with E-state index in [-0.39, 0.29) is 5.91 Å². The number of carbonyl (C=O) groups excluding carboxylic acids is 1. The minimum atomic E-state index is -0.0291. The Balaban J connectivity index is 1.69. The Morgan fingerprint density at radius 2 is 2.00 bits per heavy atom. The molecule has 1 amide bonds. The zero-order valence-corrected chi connectivity index (χ0v) is 12.9. The van der Waals surface area contributed by atoms with Crippen LogP contribution in [-0.2, 0) is 0 Å². The van der Waals surface area contributed by atoms with Crippen LogP contribution in [0.3, 0.4) is 0 Å². The summed E-state index contributed by atoms with van der Waals surface area (Å²) in [5.41, 5.74) is 1.55. The summed E-state index contributed by atoms with van der Waals surface area (Å²) < 4.78 is 0. The van der Waals surface area contributed by atoms with Gasteiger partial charge in [-0.3, -0.25) is 4.79 Å². The van der Waals surface area contributed by atoms with E-state index in [2.05, 4.69) is 10.3 Å². The Morgan fingerprint density at radius 1 is 1.24 bits per heavy atom. The first kappa shape index (κ1) is 14.5. The van der Waals surface area contributed by atoms with Crippen molar-refractivity contribution < 1.29 is 4.79 Å². The highest BCUT2D eigenvalue weighted by Crippen LogP contribution is 2.27.